The van der Waals surface area contributed by atoms with E-state index in [1.54, 1.807) is 11.0 Å². The Bertz CT molecular complexity index is 1070. The molecule has 1 aromatic carbocycles. The Hall–Kier alpha value is -3.49. The smallest absolute Gasteiger partial charge is 0.247 e. The van der Waals surface area contributed by atoms with E-state index in [-0.39, 0.29) is 24.4 Å². The van der Waals surface area contributed by atoms with E-state index in [2.05, 4.69) is 20.7 Å². The van der Waals surface area contributed by atoms with Gasteiger partial charge >= 0.3 is 0 Å². The first-order valence-corrected chi connectivity index (χ1v) is 11.5. The lowest BCUT2D eigenvalue weighted by molar-refractivity contribution is -0.142. The fourth-order valence-electron chi connectivity index (χ4n) is 4.24. The van der Waals surface area contributed by atoms with Crippen LogP contribution in [0, 0.1) is 6.92 Å². The van der Waals surface area contributed by atoms with Gasteiger partial charge in [-0.3, -0.25) is 9.59 Å². The van der Waals surface area contributed by atoms with Crippen molar-refractivity contribution in [2.24, 2.45) is 0 Å². The number of benzene rings is 1. The summed E-state index contributed by atoms with van der Waals surface area (Å²) in [5, 5.41) is 15.5. The van der Waals surface area contributed by atoms with Crippen LogP contribution in [0.1, 0.15) is 50.4 Å². The van der Waals surface area contributed by atoms with Gasteiger partial charge in [-0.05, 0) is 49.1 Å². The highest BCUT2D eigenvalue weighted by molar-refractivity contribution is 5.87. The van der Waals surface area contributed by atoms with Gasteiger partial charge in [-0.1, -0.05) is 50.1 Å². The van der Waals surface area contributed by atoms with Crippen molar-refractivity contribution >= 4 is 11.8 Å². The summed E-state index contributed by atoms with van der Waals surface area (Å²) in [7, 11) is 0. The molecule has 1 saturated carbocycles. The number of nitrogens with zero attached hydrogens (tertiary/aromatic N) is 5. The topological polar surface area (TPSA) is 106 Å². The third kappa shape index (κ3) is 5.66. The number of carbonyl (C=O) groups excluding carboxylic acids is 2. The molecule has 1 atom stereocenters. The van der Waals surface area contributed by atoms with E-state index in [1.807, 2.05) is 50.2 Å². The lowest BCUT2D eigenvalue weighted by Crippen LogP contribution is -2.51. The average molecular weight is 451 g/mol. The number of rotatable bonds is 9. The monoisotopic (exact) mass is 450 g/mol. The molecule has 174 valence electrons. The van der Waals surface area contributed by atoms with Crippen molar-refractivity contribution in [3.8, 4) is 11.6 Å². The minimum atomic E-state index is -0.575. The van der Waals surface area contributed by atoms with Crippen molar-refractivity contribution in [2.45, 2.75) is 71.1 Å². The Kier molecular flexibility index (Phi) is 7.16. The van der Waals surface area contributed by atoms with Crippen LogP contribution in [0.4, 0.5) is 0 Å². The molecule has 0 unspecified atom stereocenters. The summed E-state index contributed by atoms with van der Waals surface area (Å²) in [5.41, 5.74) is 0.955. The maximum absolute atomic E-state index is 13.4. The Balaban J connectivity index is 1.52. The molecule has 0 bridgehead atoms. The summed E-state index contributed by atoms with van der Waals surface area (Å²) >= 11 is 0. The fourth-order valence-corrected chi connectivity index (χ4v) is 4.24. The third-order valence-electron chi connectivity index (χ3n) is 5.97. The van der Waals surface area contributed by atoms with Gasteiger partial charge in [0.05, 0.1) is 0 Å². The summed E-state index contributed by atoms with van der Waals surface area (Å²) in [5.74, 6) is 1.20. The summed E-state index contributed by atoms with van der Waals surface area (Å²) in [6.07, 6.45) is 4.76. The molecule has 4 rings (SSSR count). The number of hydrogen-bond donors (Lipinski definition) is 1. The van der Waals surface area contributed by atoms with Gasteiger partial charge in [0.25, 0.3) is 0 Å². The normalized spacial score (nSPS) is 14.8. The predicted molar refractivity (Wildman–Crippen MR) is 122 cm³/mol. The largest absolute Gasteiger partial charge is 0.458 e. The number of aryl methyl sites for hydroxylation is 1. The molecule has 1 fully saturated rings. The molecule has 1 aliphatic rings. The summed E-state index contributed by atoms with van der Waals surface area (Å²) < 4.78 is 5.54. The van der Waals surface area contributed by atoms with Crippen LogP contribution in [0.2, 0.25) is 0 Å². The molecule has 9 nitrogen and oxygen atoms in total. The van der Waals surface area contributed by atoms with Crippen molar-refractivity contribution in [1.29, 1.82) is 0 Å². The number of amides is 2. The number of hydrogen-bond acceptors (Lipinski definition) is 6. The van der Waals surface area contributed by atoms with Crippen LogP contribution in [0.25, 0.3) is 11.6 Å². The van der Waals surface area contributed by atoms with Gasteiger partial charge in [-0.2, -0.15) is 4.80 Å². The highest BCUT2D eigenvalue weighted by Crippen LogP contribution is 2.20. The zero-order chi connectivity index (χ0) is 23.2. The second kappa shape index (κ2) is 10.4. The molecule has 0 aliphatic heterocycles. The molecule has 2 heterocycles. The number of furan rings is 1. The lowest BCUT2D eigenvalue weighted by atomic mass is 10.1. The maximum atomic E-state index is 13.4. The van der Waals surface area contributed by atoms with Crippen LogP contribution in [-0.2, 0) is 22.7 Å². The van der Waals surface area contributed by atoms with Crippen LogP contribution >= 0.6 is 0 Å². The molecule has 9 heteroatoms. The van der Waals surface area contributed by atoms with Crippen LogP contribution in [0.5, 0.6) is 0 Å². The second-order valence-corrected chi connectivity index (χ2v) is 8.47. The first kappa shape index (κ1) is 22.7. The first-order chi connectivity index (χ1) is 16.0. The van der Waals surface area contributed by atoms with Crippen molar-refractivity contribution in [1.82, 2.24) is 30.4 Å². The SMILES string of the molecule is CC[C@H](C(=O)NC1CCCC1)N(Cc1ccccc1)C(=O)Cn1nnc(-c2ccc(C)o2)n1. The molecule has 33 heavy (non-hydrogen) atoms. The molecule has 2 aromatic heterocycles. The van der Waals surface area contributed by atoms with E-state index in [9.17, 15) is 9.59 Å². The third-order valence-corrected chi connectivity index (χ3v) is 5.97. The molecule has 3 aromatic rings. The molecule has 1 aliphatic carbocycles. The zero-order valence-corrected chi connectivity index (χ0v) is 19.1. The van der Waals surface area contributed by atoms with Crippen molar-refractivity contribution in [3.05, 3.63) is 53.8 Å². The molecule has 1 N–H and O–H groups in total. The molecule has 0 saturated heterocycles. The van der Waals surface area contributed by atoms with E-state index >= 15 is 0 Å². The Morgan fingerprint density at radius 1 is 1.18 bits per heavy atom. The van der Waals surface area contributed by atoms with E-state index in [0.29, 0.717) is 24.6 Å². The molecule has 2 amide bonds. The van der Waals surface area contributed by atoms with Crippen LogP contribution in [-0.4, -0.2) is 49.0 Å². The summed E-state index contributed by atoms with van der Waals surface area (Å²) in [6.45, 7) is 3.97. The van der Waals surface area contributed by atoms with Crippen molar-refractivity contribution in [2.75, 3.05) is 0 Å². The Morgan fingerprint density at radius 2 is 1.94 bits per heavy atom. The number of carbonyl (C=O) groups is 2. The van der Waals surface area contributed by atoms with Gasteiger partial charge in [0, 0.05) is 12.6 Å². The van der Waals surface area contributed by atoms with Crippen LogP contribution < -0.4 is 5.32 Å². The standard InChI is InChI=1S/C24H30N6O3/c1-3-20(24(32)25-19-11-7-8-12-19)29(15-18-9-5-4-6-10-18)22(31)16-30-27-23(26-28-30)21-14-13-17(2)33-21/h4-6,9-10,13-14,19-20H,3,7-8,11-12,15-16H2,1-2H3,(H,25,32)/t20-/m1/s1. The number of nitrogens with one attached hydrogen (secondary N) is 1. The predicted octanol–water partition coefficient (Wildman–Crippen LogP) is 3.11. The van der Waals surface area contributed by atoms with Gasteiger partial charge in [0.15, 0.2) is 5.76 Å². The molecular weight excluding hydrogens is 420 g/mol. The van der Waals surface area contributed by atoms with E-state index in [4.69, 9.17) is 4.42 Å². The second-order valence-electron chi connectivity index (χ2n) is 8.47. The van der Waals surface area contributed by atoms with Gasteiger partial charge in [-0.25, -0.2) is 0 Å². The van der Waals surface area contributed by atoms with E-state index < -0.39 is 6.04 Å². The Labute approximate surface area is 193 Å². The quantitative estimate of drug-likeness (QED) is 0.537. The zero-order valence-electron chi connectivity index (χ0n) is 19.1. The molecule has 0 spiro atoms. The van der Waals surface area contributed by atoms with Crippen molar-refractivity contribution in [3.63, 3.8) is 0 Å². The van der Waals surface area contributed by atoms with E-state index in [0.717, 1.165) is 37.0 Å². The minimum Gasteiger partial charge on any atom is -0.458 e. The van der Waals surface area contributed by atoms with Gasteiger partial charge in [0.1, 0.15) is 18.3 Å². The first-order valence-electron chi connectivity index (χ1n) is 11.5. The number of tetrazole rings is 1. The van der Waals surface area contributed by atoms with Gasteiger partial charge in [0.2, 0.25) is 17.6 Å². The summed E-state index contributed by atoms with van der Waals surface area (Å²) in [4.78, 5) is 29.4. The van der Waals surface area contributed by atoms with Crippen molar-refractivity contribution < 1.29 is 14.0 Å². The highest BCUT2D eigenvalue weighted by atomic mass is 16.3. The van der Waals surface area contributed by atoms with Gasteiger partial charge in [-0.15, -0.1) is 10.2 Å². The summed E-state index contributed by atoms with van der Waals surface area (Å²) in [6, 6.07) is 12.9. The van der Waals surface area contributed by atoms with Gasteiger partial charge < -0.3 is 14.6 Å². The van der Waals surface area contributed by atoms with Crippen LogP contribution in [0.15, 0.2) is 46.9 Å². The highest BCUT2D eigenvalue weighted by Gasteiger charge is 2.31. The van der Waals surface area contributed by atoms with E-state index in [1.165, 1.54) is 4.80 Å². The Morgan fingerprint density at radius 3 is 2.61 bits per heavy atom. The molecule has 0 radical (unpaired) electrons. The fraction of sp³-hybridized carbons (Fsp3) is 0.458. The van der Waals surface area contributed by atoms with Crippen LogP contribution in [0.3, 0.4) is 0 Å². The minimum absolute atomic E-state index is 0.105. The maximum Gasteiger partial charge on any atom is 0.247 e. The lowest BCUT2D eigenvalue weighted by Gasteiger charge is -2.31. The average Bonchev–Trinajstić information content (AvgIpc) is 3.57. The molecular formula is C24H30N6O3. The number of aromatic nitrogens is 4.